The van der Waals surface area contributed by atoms with Gasteiger partial charge >= 0.3 is 0 Å². The largest absolute Gasteiger partial charge is 0.459 e. The van der Waals surface area contributed by atoms with Gasteiger partial charge in [0.05, 0.1) is 18.4 Å². The van der Waals surface area contributed by atoms with Crippen molar-refractivity contribution in [2.75, 3.05) is 20.3 Å². The summed E-state index contributed by atoms with van der Waals surface area (Å²) < 4.78 is 10.4. The van der Waals surface area contributed by atoms with Crippen LogP contribution < -0.4 is 0 Å². The second-order valence-electron chi connectivity index (χ2n) is 5.83. The maximum Gasteiger partial charge on any atom is 0.289 e. The van der Waals surface area contributed by atoms with E-state index < -0.39 is 0 Å². The van der Waals surface area contributed by atoms with Gasteiger partial charge in [-0.15, -0.1) is 0 Å². The number of aryl methyl sites for hydroxylation is 1. The van der Waals surface area contributed by atoms with Gasteiger partial charge in [-0.25, -0.2) is 4.98 Å². The molecule has 6 heteroatoms. The highest BCUT2D eigenvalue weighted by atomic mass is 35.5. The van der Waals surface area contributed by atoms with E-state index >= 15 is 0 Å². The van der Waals surface area contributed by atoms with Gasteiger partial charge in [0.15, 0.2) is 5.76 Å². The van der Waals surface area contributed by atoms with Gasteiger partial charge in [0.25, 0.3) is 5.91 Å². The highest BCUT2D eigenvalue weighted by Gasteiger charge is 2.20. The lowest BCUT2D eigenvalue weighted by Gasteiger charge is -2.22. The van der Waals surface area contributed by atoms with E-state index in [1.54, 1.807) is 24.1 Å². The lowest BCUT2D eigenvalue weighted by molar-refractivity contribution is 0.0649. The molecule has 0 atom stereocenters. The number of halogens is 1. The summed E-state index contributed by atoms with van der Waals surface area (Å²) in [5, 5.41) is 1.39. The Morgan fingerprint density at radius 2 is 2.16 bits per heavy atom. The normalized spacial score (nSPS) is 11.0. The van der Waals surface area contributed by atoms with Crippen molar-refractivity contribution < 1.29 is 13.9 Å². The van der Waals surface area contributed by atoms with Gasteiger partial charge in [0.1, 0.15) is 5.15 Å². The average Bonchev–Trinajstić information content (AvgIpc) is 3.13. The molecule has 1 amide bonds. The zero-order chi connectivity index (χ0) is 17.8. The molecule has 0 radical (unpaired) electrons. The first-order valence-corrected chi connectivity index (χ1v) is 8.34. The van der Waals surface area contributed by atoms with Crippen LogP contribution in [0.5, 0.6) is 0 Å². The second kappa shape index (κ2) is 7.68. The first-order valence-electron chi connectivity index (χ1n) is 7.96. The minimum absolute atomic E-state index is 0.206. The van der Waals surface area contributed by atoms with Crippen molar-refractivity contribution in [3.63, 3.8) is 0 Å². The van der Waals surface area contributed by atoms with E-state index in [1.165, 1.54) is 6.26 Å². The molecule has 0 spiro atoms. The molecule has 3 aromatic rings. The molecule has 3 rings (SSSR count). The Labute approximate surface area is 151 Å². The van der Waals surface area contributed by atoms with Crippen LogP contribution in [0.25, 0.3) is 10.9 Å². The van der Waals surface area contributed by atoms with Crippen LogP contribution in [0, 0.1) is 6.92 Å². The molecule has 25 heavy (non-hydrogen) atoms. The molecule has 0 saturated carbocycles. The third-order valence-electron chi connectivity index (χ3n) is 3.94. The van der Waals surface area contributed by atoms with Gasteiger partial charge in [-0.05, 0) is 37.3 Å². The number of ether oxygens (including phenoxy) is 1. The standard InChI is InChI=1S/C19H19ClN2O3/c1-13-5-6-16-14(10-13)11-15(18(20)21-16)12-22(7-9-24-2)19(23)17-4-3-8-25-17/h3-6,8,10-11H,7,9,12H2,1-2H3. The Morgan fingerprint density at radius 3 is 2.88 bits per heavy atom. The monoisotopic (exact) mass is 358 g/mol. The highest BCUT2D eigenvalue weighted by Crippen LogP contribution is 2.23. The fourth-order valence-electron chi connectivity index (χ4n) is 2.64. The Bertz CT molecular complexity index is 878. The minimum Gasteiger partial charge on any atom is -0.459 e. The van der Waals surface area contributed by atoms with Crippen molar-refractivity contribution in [2.24, 2.45) is 0 Å². The van der Waals surface area contributed by atoms with E-state index in [2.05, 4.69) is 11.1 Å². The van der Waals surface area contributed by atoms with Gasteiger partial charge in [0, 0.05) is 31.1 Å². The van der Waals surface area contributed by atoms with Crippen LogP contribution in [0.15, 0.2) is 47.1 Å². The average molecular weight is 359 g/mol. The number of rotatable bonds is 6. The van der Waals surface area contributed by atoms with Crippen molar-refractivity contribution in [3.05, 3.63) is 64.7 Å². The van der Waals surface area contributed by atoms with Crippen LogP contribution >= 0.6 is 11.6 Å². The fourth-order valence-corrected chi connectivity index (χ4v) is 2.85. The van der Waals surface area contributed by atoms with E-state index in [1.807, 2.05) is 25.1 Å². The van der Waals surface area contributed by atoms with E-state index in [-0.39, 0.29) is 11.7 Å². The van der Waals surface area contributed by atoms with Gasteiger partial charge in [-0.3, -0.25) is 4.79 Å². The molecular formula is C19H19ClN2O3. The smallest absolute Gasteiger partial charge is 0.289 e. The van der Waals surface area contributed by atoms with E-state index in [0.29, 0.717) is 24.8 Å². The molecular weight excluding hydrogens is 340 g/mol. The topological polar surface area (TPSA) is 55.6 Å². The molecule has 0 fully saturated rings. The Hall–Kier alpha value is -2.37. The summed E-state index contributed by atoms with van der Waals surface area (Å²) >= 11 is 6.35. The number of carbonyl (C=O) groups excluding carboxylic acids is 1. The number of fused-ring (bicyclic) bond motifs is 1. The predicted octanol–water partition coefficient (Wildman–Crippen LogP) is 4.08. The van der Waals surface area contributed by atoms with Crippen LogP contribution in [-0.2, 0) is 11.3 Å². The van der Waals surface area contributed by atoms with Gasteiger partial charge < -0.3 is 14.1 Å². The maximum absolute atomic E-state index is 12.7. The van der Waals surface area contributed by atoms with Crippen LogP contribution in [0.4, 0.5) is 0 Å². The third-order valence-corrected chi connectivity index (χ3v) is 4.27. The van der Waals surface area contributed by atoms with Crippen molar-refractivity contribution in [1.29, 1.82) is 0 Å². The lowest BCUT2D eigenvalue weighted by atomic mass is 10.1. The van der Waals surface area contributed by atoms with Crippen molar-refractivity contribution in [1.82, 2.24) is 9.88 Å². The van der Waals surface area contributed by atoms with E-state index in [9.17, 15) is 4.79 Å². The van der Waals surface area contributed by atoms with E-state index in [0.717, 1.165) is 22.0 Å². The number of amides is 1. The molecule has 130 valence electrons. The Balaban J connectivity index is 1.91. The lowest BCUT2D eigenvalue weighted by Crippen LogP contribution is -2.33. The van der Waals surface area contributed by atoms with Crippen LogP contribution in [-0.4, -0.2) is 36.1 Å². The maximum atomic E-state index is 12.7. The van der Waals surface area contributed by atoms with Crippen molar-refractivity contribution >= 4 is 28.4 Å². The number of benzene rings is 1. The number of furan rings is 1. The molecule has 2 heterocycles. The van der Waals surface area contributed by atoms with Crippen molar-refractivity contribution in [3.8, 4) is 0 Å². The summed E-state index contributed by atoms with van der Waals surface area (Å²) in [5.41, 5.74) is 2.77. The number of hydrogen-bond acceptors (Lipinski definition) is 4. The minimum atomic E-state index is -0.206. The Morgan fingerprint density at radius 1 is 1.32 bits per heavy atom. The number of hydrogen-bond donors (Lipinski definition) is 0. The zero-order valence-corrected chi connectivity index (χ0v) is 14.9. The molecule has 0 aliphatic carbocycles. The van der Waals surface area contributed by atoms with Crippen LogP contribution in [0.3, 0.4) is 0 Å². The first kappa shape index (κ1) is 17.5. The number of carbonyl (C=O) groups is 1. The van der Waals surface area contributed by atoms with Gasteiger partial charge in [0.2, 0.25) is 0 Å². The molecule has 0 unspecified atom stereocenters. The predicted molar refractivity (Wildman–Crippen MR) is 96.8 cm³/mol. The molecule has 0 N–H and O–H groups in total. The van der Waals surface area contributed by atoms with Crippen LogP contribution in [0.1, 0.15) is 21.7 Å². The summed E-state index contributed by atoms with van der Waals surface area (Å²) in [6.45, 7) is 3.21. The van der Waals surface area contributed by atoms with Gasteiger partial charge in [-0.2, -0.15) is 0 Å². The summed E-state index contributed by atoms with van der Waals surface area (Å²) in [6.07, 6.45) is 1.48. The number of aromatic nitrogens is 1. The molecule has 0 bridgehead atoms. The van der Waals surface area contributed by atoms with E-state index in [4.69, 9.17) is 20.8 Å². The molecule has 0 aliphatic heterocycles. The number of nitrogens with zero attached hydrogens (tertiary/aromatic N) is 2. The van der Waals surface area contributed by atoms with Gasteiger partial charge in [-0.1, -0.05) is 23.2 Å². The molecule has 1 aromatic carbocycles. The third kappa shape index (κ3) is 4.00. The first-order chi connectivity index (χ1) is 12.1. The molecule has 2 aromatic heterocycles. The highest BCUT2D eigenvalue weighted by molar-refractivity contribution is 6.30. The summed E-state index contributed by atoms with van der Waals surface area (Å²) in [5.74, 6) is 0.0827. The van der Waals surface area contributed by atoms with Crippen LogP contribution in [0.2, 0.25) is 5.15 Å². The SMILES string of the molecule is COCCN(Cc1cc2cc(C)ccc2nc1Cl)C(=O)c1ccco1. The molecule has 0 aliphatic rings. The van der Waals surface area contributed by atoms with Crippen molar-refractivity contribution in [2.45, 2.75) is 13.5 Å². The fraction of sp³-hybridized carbons (Fsp3) is 0.263. The summed E-state index contributed by atoms with van der Waals surface area (Å²) in [6, 6.07) is 11.3. The molecule has 5 nitrogen and oxygen atoms in total. The second-order valence-corrected chi connectivity index (χ2v) is 6.19. The Kier molecular flexibility index (Phi) is 5.36. The molecule has 0 saturated heterocycles. The summed E-state index contributed by atoms with van der Waals surface area (Å²) in [4.78, 5) is 18.7. The quantitative estimate of drug-likeness (QED) is 0.623. The number of pyridine rings is 1. The summed E-state index contributed by atoms with van der Waals surface area (Å²) in [7, 11) is 1.60. The zero-order valence-electron chi connectivity index (χ0n) is 14.2. The number of methoxy groups -OCH3 is 1.